The van der Waals surface area contributed by atoms with E-state index in [2.05, 4.69) is 23.4 Å². The van der Waals surface area contributed by atoms with Crippen LogP contribution >= 0.6 is 0 Å². The van der Waals surface area contributed by atoms with Crippen molar-refractivity contribution in [3.05, 3.63) is 18.2 Å². The van der Waals surface area contributed by atoms with Crippen molar-refractivity contribution < 1.29 is 1.37 Å². The minimum absolute atomic E-state index is 0.430. The predicted octanol–water partition coefficient (Wildman–Crippen LogP) is 3.81. The second-order valence-corrected chi connectivity index (χ2v) is 4.17. The molecule has 0 N–H and O–H groups in total. The number of aromatic nitrogens is 2. The van der Waals surface area contributed by atoms with Crippen LogP contribution in [0, 0.1) is 0 Å². The number of hydrogen-bond acceptors (Lipinski definition) is 1. The van der Waals surface area contributed by atoms with E-state index in [9.17, 15) is 0 Å². The molecule has 1 rings (SSSR count). The Morgan fingerprint density at radius 2 is 2.00 bits per heavy atom. The van der Waals surface area contributed by atoms with Gasteiger partial charge in [-0.2, -0.15) is 0 Å². The Morgan fingerprint density at radius 3 is 2.73 bits per heavy atom. The average Bonchev–Trinajstić information content (AvgIpc) is 2.63. The lowest BCUT2D eigenvalue weighted by Crippen LogP contribution is -2.01. The molecule has 1 aromatic heterocycles. The molecule has 0 spiro atoms. The van der Waals surface area contributed by atoms with Crippen molar-refractivity contribution in [1.82, 2.24) is 9.55 Å². The zero-order valence-electron chi connectivity index (χ0n) is 11.1. The fourth-order valence-corrected chi connectivity index (χ4v) is 1.75. The van der Waals surface area contributed by atoms with E-state index in [1.54, 1.807) is 0 Å². The molecular formula is C13H24N2. The molecule has 0 fully saturated rings. The van der Waals surface area contributed by atoms with Crippen LogP contribution in [-0.4, -0.2) is 9.55 Å². The van der Waals surface area contributed by atoms with E-state index in [1.807, 2.05) is 6.20 Å². The highest BCUT2D eigenvalue weighted by atomic mass is 15.0. The van der Waals surface area contributed by atoms with Gasteiger partial charge in [0.1, 0.15) is 1.37 Å². The lowest BCUT2D eigenvalue weighted by molar-refractivity contribution is 0.587. The van der Waals surface area contributed by atoms with Crippen LogP contribution in [-0.2, 0) is 13.0 Å². The maximum absolute atomic E-state index is 7.74. The molecule has 1 heterocycles. The first-order valence-electron chi connectivity index (χ1n) is 6.80. The fraction of sp³-hybridized carbons (Fsp3) is 0.769. The molecule has 0 atom stereocenters. The van der Waals surface area contributed by atoms with Crippen molar-refractivity contribution in [2.75, 3.05) is 0 Å². The molecular weight excluding hydrogens is 184 g/mol. The quantitative estimate of drug-likeness (QED) is 0.595. The van der Waals surface area contributed by atoms with Gasteiger partial charge in [-0.1, -0.05) is 39.5 Å². The van der Waals surface area contributed by atoms with Gasteiger partial charge in [0.15, 0.2) is 0 Å². The Hall–Kier alpha value is -0.790. The lowest BCUT2D eigenvalue weighted by atomic mass is 10.1. The highest BCUT2D eigenvalue weighted by molar-refractivity contribution is 4.98. The molecule has 1 aromatic rings. The molecule has 0 amide bonds. The first-order valence-corrected chi connectivity index (χ1v) is 6.30. The summed E-state index contributed by atoms with van der Waals surface area (Å²) in [6.45, 7) is 5.37. The van der Waals surface area contributed by atoms with Crippen molar-refractivity contribution in [2.45, 2.75) is 65.3 Å². The van der Waals surface area contributed by atoms with Gasteiger partial charge in [0.25, 0.3) is 0 Å². The van der Waals surface area contributed by atoms with Gasteiger partial charge in [-0.05, 0) is 19.3 Å². The monoisotopic (exact) mass is 209 g/mol. The zero-order chi connectivity index (χ0) is 11.8. The van der Waals surface area contributed by atoms with Crippen LogP contribution in [0.25, 0.3) is 0 Å². The van der Waals surface area contributed by atoms with Gasteiger partial charge in [-0.25, -0.2) is 4.98 Å². The highest BCUT2D eigenvalue weighted by Crippen LogP contribution is 2.08. The normalized spacial score (nSPS) is 11.7. The van der Waals surface area contributed by atoms with Crippen LogP contribution in [0.5, 0.6) is 0 Å². The van der Waals surface area contributed by atoms with E-state index in [-0.39, 0.29) is 0 Å². The van der Waals surface area contributed by atoms with Gasteiger partial charge in [0.2, 0.25) is 0 Å². The topological polar surface area (TPSA) is 17.8 Å². The Balaban J connectivity index is 2.44. The number of nitrogens with zero attached hydrogens (tertiary/aromatic N) is 2. The molecule has 0 aliphatic heterocycles. The van der Waals surface area contributed by atoms with Crippen LogP contribution in [0.2, 0.25) is 0 Å². The van der Waals surface area contributed by atoms with E-state index >= 15 is 0 Å². The first kappa shape index (κ1) is 10.7. The van der Waals surface area contributed by atoms with E-state index in [1.165, 1.54) is 37.8 Å². The summed E-state index contributed by atoms with van der Waals surface area (Å²) in [6.07, 6.45) is 10.8. The minimum Gasteiger partial charge on any atom is -0.335 e. The Morgan fingerprint density at radius 1 is 1.20 bits per heavy atom. The number of imidazole rings is 1. The van der Waals surface area contributed by atoms with E-state index in [4.69, 9.17) is 1.37 Å². The molecule has 0 saturated heterocycles. The van der Waals surface area contributed by atoms with Crippen LogP contribution in [0.4, 0.5) is 0 Å². The fourth-order valence-electron chi connectivity index (χ4n) is 1.75. The molecule has 0 aliphatic carbocycles. The largest absolute Gasteiger partial charge is 0.335 e. The summed E-state index contributed by atoms with van der Waals surface area (Å²) in [7, 11) is 0. The lowest BCUT2D eigenvalue weighted by Gasteiger charge is -2.06. The van der Waals surface area contributed by atoms with E-state index in [0.29, 0.717) is 6.30 Å². The minimum atomic E-state index is 0.430. The molecule has 86 valence electrons. The van der Waals surface area contributed by atoms with Crippen molar-refractivity contribution in [2.24, 2.45) is 0 Å². The van der Waals surface area contributed by atoms with Gasteiger partial charge in [0, 0.05) is 18.4 Å². The number of rotatable bonds is 8. The average molecular weight is 209 g/mol. The third-order valence-corrected chi connectivity index (χ3v) is 2.76. The van der Waals surface area contributed by atoms with Crippen molar-refractivity contribution in [3.63, 3.8) is 0 Å². The second kappa shape index (κ2) is 7.49. The number of unbranched alkanes of at least 4 members (excludes halogenated alkanes) is 4. The summed E-state index contributed by atoms with van der Waals surface area (Å²) in [5, 5.41) is 0. The van der Waals surface area contributed by atoms with Crippen LogP contribution in [0.15, 0.2) is 12.5 Å². The van der Waals surface area contributed by atoms with E-state index in [0.717, 1.165) is 19.4 Å². The van der Waals surface area contributed by atoms with E-state index < -0.39 is 0 Å². The van der Waals surface area contributed by atoms with Crippen molar-refractivity contribution in [1.29, 1.82) is 0 Å². The predicted molar refractivity (Wildman–Crippen MR) is 65.0 cm³/mol. The third-order valence-electron chi connectivity index (χ3n) is 2.76. The molecule has 2 nitrogen and oxygen atoms in total. The summed E-state index contributed by atoms with van der Waals surface area (Å²) in [5.41, 5.74) is 1.24. The molecule has 0 aromatic carbocycles. The molecule has 0 unspecified atom stereocenters. The third kappa shape index (κ3) is 4.50. The van der Waals surface area contributed by atoms with Gasteiger partial charge >= 0.3 is 0 Å². The van der Waals surface area contributed by atoms with Gasteiger partial charge in [-0.3, -0.25) is 0 Å². The Kier molecular flexibility index (Phi) is 5.36. The molecule has 0 saturated carbocycles. The summed E-state index contributed by atoms with van der Waals surface area (Å²) < 4.78 is 9.80. The zero-order valence-corrected chi connectivity index (χ0v) is 10.1. The summed E-state index contributed by atoms with van der Waals surface area (Å²) in [5.74, 6) is 0. The highest BCUT2D eigenvalue weighted by Gasteiger charge is 2.00. The number of aryl methyl sites for hydroxylation is 1. The van der Waals surface area contributed by atoms with Crippen LogP contribution in [0.1, 0.15) is 59.4 Å². The molecule has 15 heavy (non-hydrogen) atoms. The standard InChI is InChI=1S/C13H24N2/c1-3-5-7-8-9-13-11-14-12-15(13)10-6-4-2/h11-12H,3-10H2,1-2H3/i12D. The maximum atomic E-state index is 7.74. The van der Waals surface area contributed by atoms with Gasteiger partial charge < -0.3 is 4.57 Å². The Labute approximate surface area is 95.1 Å². The molecule has 2 heteroatoms. The van der Waals surface area contributed by atoms with Gasteiger partial charge in [0.05, 0.1) is 6.30 Å². The van der Waals surface area contributed by atoms with Gasteiger partial charge in [-0.15, -0.1) is 0 Å². The molecule has 0 radical (unpaired) electrons. The second-order valence-electron chi connectivity index (χ2n) is 4.17. The first-order chi connectivity index (χ1) is 7.79. The van der Waals surface area contributed by atoms with Crippen molar-refractivity contribution in [3.8, 4) is 0 Å². The van der Waals surface area contributed by atoms with Crippen LogP contribution < -0.4 is 0 Å². The maximum Gasteiger partial charge on any atom is 0.104 e. The van der Waals surface area contributed by atoms with Crippen LogP contribution in [0.3, 0.4) is 0 Å². The van der Waals surface area contributed by atoms with Crippen molar-refractivity contribution >= 4 is 0 Å². The summed E-state index contributed by atoms with van der Waals surface area (Å²) in [4.78, 5) is 4.10. The Bertz CT molecular complexity index is 294. The molecule has 0 aliphatic rings. The summed E-state index contributed by atoms with van der Waals surface area (Å²) >= 11 is 0. The smallest absolute Gasteiger partial charge is 0.104 e. The number of hydrogen-bond donors (Lipinski definition) is 0. The molecule has 0 bridgehead atoms. The SMILES string of the molecule is [2H]c1ncc(CCCCCC)n1CCCC. The summed E-state index contributed by atoms with van der Waals surface area (Å²) in [6, 6.07) is 0.